The highest BCUT2D eigenvalue weighted by molar-refractivity contribution is 5.77. The van der Waals surface area contributed by atoms with Crippen LogP contribution in [0.4, 0.5) is 4.39 Å². The van der Waals surface area contributed by atoms with Crippen LogP contribution in [-0.2, 0) is 4.79 Å². The first-order valence-corrected chi connectivity index (χ1v) is 9.30. The van der Waals surface area contributed by atoms with Crippen LogP contribution in [0.25, 0.3) is 0 Å². The zero-order valence-electron chi connectivity index (χ0n) is 15.5. The molecule has 27 heavy (non-hydrogen) atoms. The smallest absolute Gasteiger partial charge is 0.260 e. The molecular formula is C21H26FN3O2. The molecule has 0 radical (unpaired) electrons. The summed E-state index contributed by atoms with van der Waals surface area (Å²) in [5.41, 5.74) is 7.99. The van der Waals surface area contributed by atoms with Crippen LogP contribution in [-0.4, -0.2) is 37.0 Å². The lowest BCUT2D eigenvalue weighted by Crippen LogP contribution is -2.34. The fourth-order valence-electron chi connectivity index (χ4n) is 3.20. The molecule has 2 unspecified atom stereocenters. The Morgan fingerprint density at radius 3 is 2.63 bits per heavy atom. The summed E-state index contributed by atoms with van der Waals surface area (Å²) in [6.45, 7) is 0.640. The van der Waals surface area contributed by atoms with Crippen molar-refractivity contribution in [2.24, 2.45) is 0 Å². The molecule has 2 atom stereocenters. The molecule has 1 amide bonds. The molecular weight excluding hydrogens is 345 g/mol. The van der Waals surface area contributed by atoms with Crippen LogP contribution < -0.4 is 15.6 Å². The van der Waals surface area contributed by atoms with Crippen molar-refractivity contribution in [3.05, 3.63) is 66.0 Å². The number of nitrogens with one attached hydrogen (secondary N) is 2. The Hall–Kier alpha value is -2.44. The van der Waals surface area contributed by atoms with Gasteiger partial charge in [0.15, 0.2) is 6.61 Å². The van der Waals surface area contributed by atoms with Gasteiger partial charge in [-0.2, -0.15) is 0 Å². The number of halogens is 1. The number of rotatable bonds is 8. The number of carbonyl (C=O) groups is 1. The molecule has 1 saturated heterocycles. The third-order valence-corrected chi connectivity index (χ3v) is 4.83. The summed E-state index contributed by atoms with van der Waals surface area (Å²) >= 11 is 0. The van der Waals surface area contributed by atoms with Crippen molar-refractivity contribution in [2.75, 3.05) is 20.2 Å². The molecule has 6 heteroatoms. The molecule has 0 spiro atoms. The first kappa shape index (κ1) is 19.3. The average molecular weight is 371 g/mol. The van der Waals surface area contributed by atoms with Crippen molar-refractivity contribution in [1.82, 2.24) is 15.8 Å². The zero-order valence-corrected chi connectivity index (χ0v) is 15.5. The molecule has 1 heterocycles. The SMILES string of the molecule is CN(CCCC1CC(c2ccccc2)NN1)C(=O)COc1ccc(F)cc1. The Morgan fingerprint density at radius 1 is 1.15 bits per heavy atom. The fraction of sp³-hybridized carbons (Fsp3) is 0.381. The number of benzene rings is 2. The molecule has 1 aliphatic rings. The van der Waals surface area contributed by atoms with E-state index in [9.17, 15) is 9.18 Å². The predicted molar refractivity (Wildman–Crippen MR) is 103 cm³/mol. The Kier molecular flexibility index (Phi) is 6.79. The Bertz CT molecular complexity index is 724. The number of ether oxygens (including phenoxy) is 1. The number of hydrazine groups is 1. The van der Waals surface area contributed by atoms with E-state index < -0.39 is 0 Å². The molecule has 0 bridgehead atoms. The monoisotopic (exact) mass is 371 g/mol. The molecule has 5 nitrogen and oxygen atoms in total. The molecule has 2 N–H and O–H groups in total. The van der Waals surface area contributed by atoms with Gasteiger partial charge in [-0.25, -0.2) is 4.39 Å². The summed E-state index contributed by atoms with van der Waals surface area (Å²) in [6.07, 6.45) is 2.95. The first-order valence-electron chi connectivity index (χ1n) is 9.30. The summed E-state index contributed by atoms with van der Waals surface area (Å²) in [5.74, 6) is 0.0839. The second kappa shape index (κ2) is 9.48. The normalized spacial score (nSPS) is 19.0. The van der Waals surface area contributed by atoms with Gasteiger partial charge in [0, 0.05) is 25.7 Å². The second-order valence-electron chi connectivity index (χ2n) is 6.88. The zero-order chi connectivity index (χ0) is 19.1. The van der Waals surface area contributed by atoms with Gasteiger partial charge in [-0.1, -0.05) is 30.3 Å². The van der Waals surface area contributed by atoms with E-state index in [1.54, 1.807) is 11.9 Å². The van der Waals surface area contributed by atoms with Crippen molar-refractivity contribution < 1.29 is 13.9 Å². The van der Waals surface area contributed by atoms with Gasteiger partial charge in [-0.15, -0.1) is 0 Å². The van der Waals surface area contributed by atoms with E-state index in [4.69, 9.17) is 4.74 Å². The number of carbonyl (C=O) groups excluding carboxylic acids is 1. The van der Waals surface area contributed by atoms with Gasteiger partial charge in [0.1, 0.15) is 11.6 Å². The summed E-state index contributed by atoms with van der Waals surface area (Å²) in [4.78, 5) is 13.8. The van der Waals surface area contributed by atoms with E-state index in [-0.39, 0.29) is 18.3 Å². The van der Waals surface area contributed by atoms with Crippen LogP contribution >= 0.6 is 0 Å². The van der Waals surface area contributed by atoms with Gasteiger partial charge in [-0.05, 0) is 49.1 Å². The highest BCUT2D eigenvalue weighted by atomic mass is 19.1. The number of hydrogen-bond acceptors (Lipinski definition) is 4. The third kappa shape index (κ3) is 5.77. The molecule has 0 aliphatic carbocycles. The second-order valence-corrected chi connectivity index (χ2v) is 6.88. The summed E-state index contributed by atoms with van der Waals surface area (Å²) in [5, 5.41) is 0. The molecule has 1 aliphatic heterocycles. The van der Waals surface area contributed by atoms with Gasteiger partial charge >= 0.3 is 0 Å². The minimum Gasteiger partial charge on any atom is -0.484 e. The number of hydrogen-bond donors (Lipinski definition) is 2. The van der Waals surface area contributed by atoms with Crippen LogP contribution in [0.3, 0.4) is 0 Å². The standard InChI is InChI=1S/C21H26FN3O2/c1-25(21(26)15-27-19-11-9-17(22)10-12-19)13-5-8-18-14-20(24-23-18)16-6-3-2-4-7-16/h2-4,6-7,9-12,18,20,23-24H,5,8,13-15H2,1H3. The highest BCUT2D eigenvalue weighted by Gasteiger charge is 2.24. The van der Waals surface area contributed by atoms with Crippen molar-refractivity contribution in [3.8, 4) is 5.75 Å². The molecule has 0 aromatic heterocycles. The van der Waals surface area contributed by atoms with Crippen LogP contribution in [0, 0.1) is 5.82 Å². The predicted octanol–water partition coefficient (Wildman–Crippen LogP) is 3.05. The number of likely N-dealkylation sites (N-methyl/N-ethyl adjacent to an activating group) is 1. The van der Waals surface area contributed by atoms with Crippen LogP contribution in [0.15, 0.2) is 54.6 Å². The molecule has 0 saturated carbocycles. The first-order chi connectivity index (χ1) is 13.1. The van der Waals surface area contributed by atoms with Crippen LogP contribution in [0.1, 0.15) is 30.9 Å². The van der Waals surface area contributed by atoms with Gasteiger partial charge in [0.2, 0.25) is 0 Å². The minimum absolute atomic E-state index is 0.0402. The minimum atomic E-state index is -0.324. The third-order valence-electron chi connectivity index (χ3n) is 4.83. The largest absolute Gasteiger partial charge is 0.484 e. The molecule has 1 fully saturated rings. The van der Waals surface area contributed by atoms with Crippen molar-refractivity contribution >= 4 is 5.91 Å². The van der Waals surface area contributed by atoms with E-state index in [1.165, 1.54) is 29.8 Å². The van der Waals surface area contributed by atoms with E-state index in [0.717, 1.165) is 19.3 Å². The lowest BCUT2D eigenvalue weighted by atomic mass is 10.00. The highest BCUT2D eigenvalue weighted by Crippen LogP contribution is 2.23. The summed E-state index contributed by atoms with van der Waals surface area (Å²) in [7, 11) is 1.78. The molecule has 144 valence electrons. The van der Waals surface area contributed by atoms with Crippen LogP contribution in [0.5, 0.6) is 5.75 Å². The topological polar surface area (TPSA) is 53.6 Å². The lowest BCUT2D eigenvalue weighted by Gasteiger charge is -2.18. The molecule has 2 aromatic carbocycles. The molecule has 2 aromatic rings. The summed E-state index contributed by atoms with van der Waals surface area (Å²) < 4.78 is 18.3. The molecule has 3 rings (SSSR count). The van der Waals surface area contributed by atoms with Gasteiger partial charge < -0.3 is 9.64 Å². The fourth-order valence-corrected chi connectivity index (χ4v) is 3.20. The maximum Gasteiger partial charge on any atom is 0.260 e. The number of amides is 1. The average Bonchev–Trinajstić information content (AvgIpc) is 3.17. The van der Waals surface area contributed by atoms with Gasteiger partial charge in [0.25, 0.3) is 5.91 Å². The Morgan fingerprint density at radius 2 is 1.89 bits per heavy atom. The van der Waals surface area contributed by atoms with Crippen molar-refractivity contribution in [2.45, 2.75) is 31.3 Å². The Labute approximate surface area is 159 Å². The van der Waals surface area contributed by atoms with E-state index >= 15 is 0 Å². The van der Waals surface area contributed by atoms with Crippen molar-refractivity contribution in [3.63, 3.8) is 0 Å². The van der Waals surface area contributed by atoms with Gasteiger partial charge in [0.05, 0.1) is 0 Å². The van der Waals surface area contributed by atoms with E-state index in [2.05, 4.69) is 35.1 Å². The number of nitrogens with zero attached hydrogens (tertiary/aromatic N) is 1. The van der Waals surface area contributed by atoms with E-state index in [1.807, 2.05) is 6.07 Å². The Balaban J connectivity index is 1.34. The lowest BCUT2D eigenvalue weighted by molar-refractivity contribution is -0.132. The van der Waals surface area contributed by atoms with Gasteiger partial charge in [-0.3, -0.25) is 15.6 Å². The van der Waals surface area contributed by atoms with Crippen molar-refractivity contribution in [1.29, 1.82) is 0 Å². The summed E-state index contributed by atoms with van der Waals surface area (Å²) in [6, 6.07) is 16.8. The van der Waals surface area contributed by atoms with E-state index in [0.29, 0.717) is 24.4 Å². The maximum absolute atomic E-state index is 12.9. The maximum atomic E-state index is 12.9. The quantitative estimate of drug-likeness (QED) is 0.749. The van der Waals surface area contributed by atoms with Crippen LogP contribution in [0.2, 0.25) is 0 Å².